The van der Waals surface area contributed by atoms with E-state index in [0.717, 1.165) is 12.2 Å². The molecule has 0 aromatic carbocycles. The zero-order valence-electron chi connectivity index (χ0n) is 11.5. The molecule has 5 nitrogen and oxygen atoms in total. The van der Waals surface area contributed by atoms with Gasteiger partial charge in [-0.05, 0) is 30.7 Å². The molecule has 0 aliphatic rings. The second kappa shape index (κ2) is 6.86. The molecule has 20 heavy (non-hydrogen) atoms. The van der Waals surface area contributed by atoms with Crippen molar-refractivity contribution in [2.75, 3.05) is 6.54 Å². The van der Waals surface area contributed by atoms with Crippen LogP contribution in [0.15, 0.2) is 42.9 Å². The third-order valence-electron chi connectivity index (χ3n) is 3.00. The maximum atomic E-state index is 11.9. The number of hydrogen-bond acceptors (Lipinski definition) is 3. The molecule has 0 bridgehead atoms. The van der Waals surface area contributed by atoms with Gasteiger partial charge in [0.05, 0.1) is 11.7 Å². The Balaban J connectivity index is 1.94. The first-order valence-electron chi connectivity index (χ1n) is 6.76. The Kier molecular flexibility index (Phi) is 4.90. The van der Waals surface area contributed by atoms with Crippen molar-refractivity contribution < 1.29 is 9.90 Å². The lowest BCUT2D eigenvalue weighted by Gasteiger charge is -2.10. The second-order valence-corrected chi connectivity index (χ2v) is 4.65. The normalized spacial score (nSPS) is 12.1. The molecule has 1 amide bonds. The van der Waals surface area contributed by atoms with Crippen LogP contribution in [-0.2, 0) is 0 Å². The van der Waals surface area contributed by atoms with E-state index in [2.05, 4.69) is 10.3 Å². The lowest BCUT2D eigenvalue weighted by atomic mass is 10.2. The van der Waals surface area contributed by atoms with Gasteiger partial charge in [-0.2, -0.15) is 0 Å². The van der Waals surface area contributed by atoms with Crippen molar-refractivity contribution in [2.45, 2.75) is 25.9 Å². The molecule has 0 aliphatic heterocycles. The number of aromatic nitrogens is 2. The number of aliphatic hydroxyl groups excluding tert-OH is 1. The largest absolute Gasteiger partial charge is 0.391 e. The molecule has 2 heterocycles. The molecule has 2 rings (SSSR count). The lowest BCUT2D eigenvalue weighted by Crippen LogP contribution is -2.32. The summed E-state index contributed by atoms with van der Waals surface area (Å²) in [5.41, 5.74) is 0.490. The fourth-order valence-corrected chi connectivity index (χ4v) is 1.91. The molecule has 1 unspecified atom stereocenters. The number of rotatable bonds is 6. The van der Waals surface area contributed by atoms with Crippen molar-refractivity contribution in [3.8, 4) is 5.82 Å². The van der Waals surface area contributed by atoms with E-state index < -0.39 is 6.10 Å². The first kappa shape index (κ1) is 14.3. The number of carbonyl (C=O) groups excluding carboxylic acids is 1. The SMILES string of the molecule is CCCC(O)CNC(=O)c1ccc(-n2cccc2)nc1. The Labute approximate surface area is 118 Å². The van der Waals surface area contributed by atoms with Crippen LogP contribution in [0.1, 0.15) is 30.1 Å². The molecule has 5 heteroatoms. The summed E-state index contributed by atoms with van der Waals surface area (Å²) in [7, 11) is 0. The molecular weight excluding hydrogens is 254 g/mol. The third-order valence-corrected chi connectivity index (χ3v) is 3.00. The summed E-state index contributed by atoms with van der Waals surface area (Å²) in [5.74, 6) is 0.546. The van der Waals surface area contributed by atoms with E-state index in [0.29, 0.717) is 12.0 Å². The quantitative estimate of drug-likeness (QED) is 0.842. The maximum Gasteiger partial charge on any atom is 0.252 e. The Morgan fingerprint density at radius 1 is 1.40 bits per heavy atom. The maximum absolute atomic E-state index is 11.9. The van der Waals surface area contributed by atoms with Gasteiger partial charge < -0.3 is 15.0 Å². The number of carbonyl (C=O) groups is 1. The fraction of sp³-hybridized carbons (Fsp3) is 0.333. The Bertz CT molecular complexity index is 535. The van der Waals surface area contributed by atoms with Gasteiger partial charge in [-0.3, -0.25) is 4.79 Å². The van der Waals surface area contributed by atoms with E-state index in [4.69, 9.17) is 0 Å². The lowest BCUT2D eigenvalue weighted by molar-refractivity contribution is 0.0910. The van der Waals surface area contributed by atoms with Crippen molar-refractivity contribution in [3.63, 3.8) is 0 Å². The summed E-state index contributed by atoms with van der Waals surface area (Å²) in [6.45, 7) is 2.26. The van der Waals surface area contributed by atoms with Crippen LogP contribution in [0.4, 0.5) is 0 Å². The molecule has 2 aromatic rings. The van der Waals surface area contributed by atoms with Crippen molar-refractivity contribution in [3.05, 3.63) is 48.4 Å². The van der Waals surface area contributed by atoms with E-state index in [9.17, 15) is 9.90 Å². The van der Waals surface area contributed by atoms with Gasteiger partial charge in [0, 0.05) is 25.1 Å². The number of nitrogens with zero attached hydrogens (tertiary/aromatic N) is 2. The number of hydrogen-bond donors (Lipinski definition) is 2. The van der Waals surface area contributed by atoms with E-state index in [1.54, 1.807) is 12.1 Å². The summed E-state index contributed by atoms with van der Waals surface area (Å²) in [5, 5.41) is 12.3. The Morgan fingerprint density at radius 2 is 2.15 bits per heavy atom. The zero-order chi connectivity index (χ0) is 14.4. The first-order chi connectivity index (χ1) is 9.70. The van der Waals surface area contributed by atoms with Crippen molar-refractivity contribution in [2.24, 2.45) is 0 Å². The summed E-state index contributed by atoms with van der Waals surface area (Å²) in [4.78, 5) is 16.1. The van der Waals surface area contributed by atoms with Crippen LogP contribution in [-0.4, -0.2) is 33.2 Å². The monoisotopic (exact) mass is 273 g/mol. The predicted octanol–water partition coefficient (Wildman–Crippen LogP) is 1.76. The van der Waals surface area contributed by atoms with E-state index >= 15 is 0 Å². The van der Waals surface area contributed by atoms with Crippen LogP contribution in [0.5, 0.6) is 0 Å². The molecule has 0 aliphatic carbocycles. The molecule has 2 N–H and O–H groups in total. The van der Waals surface area contributed by atoms with Crippen LogP contribution in [0, 0.1) is 0 Å². The molecule has 0 radical (unpaired) electrons. The second-order valence-electron chi connectivity index (χ2n) is 4.65. The van der Waals surface area contributed by atoms with Gasteiger partial charge in [0.1, 0.15) is 5.82 Å². The molecular formula is C15H19N3O2. The van der Waals surface area contributed by atoms with E-state index in [-0.39, 0.29) is 12.5 Å². The van der Waals surface area contributed by atoms with Gasteiger partial charge in [-0.15, -0.1) is 0 Å². The summed E-state index contributed by atoms with van der Waals surface area (Å²) >= 11 is 0. The highest BCUT2D eigenvalue weighted by molar-refractivity contribution is 5.93. The highest BCUT2D eigenvalue weighted by atomic mass is 16.3. The summed E-state index contributed by atoms with van der Waals surface area (Å²) in [6, 6.07) is 7.34. The summed E-state index contributed by atoms with van der Waals surface area (Å²) < 4.78 is 1.87. The van der Waals surface area contributed by atoms with Crippen molar-refractivity contribution >= 4 is 5.91 Å². The molecule has 2 aromatic heterocycles. The van der Waals surface area contributed by atoms with E-state index in [1.807, 2.05) is 36.0 Å². The average Bonchev–Trinajstić information content (AvgIpc) is 2.99. The molecule has 0 saturated carbocycles. The van der Waals surface area contributed by atoms with Gasteiger partial charge in [0.2, 0.25) is 0 Å². The zero-order valence-corrected chi connectivity index (χ0v) is 11.5. The van der Waals surface area contributed by atoms with Crippen LogP contribution in [0.3, 0.4) is 0 Å². The molecule has 106 valence electrons. The van der Waals surface area contributed by atoms with Crippen molar-refractivity contribution in [1.29, 1.82) is 0 Å². The van der Waals surface area contributed by atoms with Gasteiger partial charge in [0.25, 0.3) is 5.91 Å². The minimum absolute atomic E-state index is 0.216. The molecule has 1 atom stereocenters. The van der Waals surface area contributed by atoms with Gasteiger partial charge in [-0.1, -0.05) is 13.3 Å². The minimum atomic E-state index is -0.490. The highest BCUT2D eigenvalue weighted by Crippen LogP contribution is 2.06. The number of nitrogens with one attached hydrogen (secondary N) is 1. The van der Waals surface area contributed by atoms with Gasteiger partial charge >= 0.3 is 0 Å². The highest BCUT2D eigenvalue weighted by Gasteiger charge is 2.09. The van der Waals surface area contributed by atoms with Crippen LogP contribution in [0.2, 0.25) is 0 Å². The predicted molar refractivity (Wildman–Crippen MR) is 76.8 cm³/mol. The van der Waals surface area contributed by atoms with Gasteiger partial charge in [-0.25, -0.2) is 4.98 Å². The molecule has 0 fully saturated rings. The fourth-order valence-electron chi connectivity index (χ4n) is 1.91. The Morgan fingerprint density at radius 3 is 2.75 bits per heavy atom. The first-order valence-corrected chi connectivity index (χ1v) is 6.76. The van der Waals surface area contributed by atoms with Crippen LogP contribution < -0.4 is 5.32 Å². The smallest absolute Gasteiger partial charge is 0.252 e. The van der Waals surface area contributed by atoms with Crippen LogP contribution >= 0.6 is 0 Å². The van der Waals surface area contributed by atoms with Gasteiger partial charge in [0.15, 0.2) is 0 Å². The minimum Gasteiger partial charge on any atom is -0.391 e. The molecule has 0 spiro atoms. The van der Waals surface area contributed by atoms with E-state index in [1.165, 1.54) is 6.20 Å². The van der Waals surface area contributed by atoms with Crippen molar-refractivity contribution in [1.82, 2.24) is 14.9 Å². The number of amides is 1. The molecule has 0 saturated heterocycles. The average molecular weight is 273 g/mol. The number of aliphatic hydroxyl groups is 1. The Hall–Kier alpha value is -2.14. The topological polar surface area (TPSA) is 67.2 Å². The standard InChI is InChI=1S/C15H19N3O2/c1-2-5-13(19)11-17-15(20)12-6-7-14(16-10-12)18-8-3-4-9-18/h3-4,6-10,13,19H,2,5,11H2,1H3,(H,17,20). The number of pyridine rings is 1. The third kappa shape index (κ3) is 3.68. The van der Waals surface area contributed by atoms with Crippen LogP contribution in [0.25, 0.3) is 5.82 Å². The summed E-state index contributed by atoms with van der Waals surface area (Å²) in [6.07, 6.45) is 6.41.